The zero-order chi connectivity index (χ0) is 23.3. The van der Waals surface area contributed by atoms with Gasteiger partial charge in [0.2, 0.25) is 5.91 Å². The number of benzene rings is 3. The first kappa shape index (κ1) is 23.0. The van der Waals surface area contributed by atoms with E-state index in [0.717, 1.165) is 22.3 Å². The predicted molar refractivity (Wildman–Crippen MR) is 139 cm³/mol. The monoisotopic (exact) mass is 439 g/mol. The van der Waals surface area contributed by atoms with Gasteiger partial charge in [0, 0.05) is 17.3 Å². The van der Waals surface area contributed by atoms with Crippen molar-refractivity contribution in [3.63, 3.8) is 0 Å². The summed E-state index contributed by atoms with van der Waals surface area (Å²) in [6.45, 7) is 7.82. The molecule has 1 amide bonds. The number of hydrogen-bond acceptors (Lipinski definition) is 1. The Kier molecular flexibility index (Phi) is 7.10. The molecule has 4 rings (SSSR count). The molecule has 0 radical (unpaired) electrons. The quantitative estimate of drug-likeness (QED) is 0.334. The van der Waals surface area contributed by atoms with Gasteiger partial charge in [-0.3, -0.25) is 4.79 Å². The van der Waals surface area contributed by atoms with Gasteiger partial charge in [0.05, 0.1) is 20.1 Å². The van der Waals surface area contributed by atoms with Crippen LogP contribution in [0.1, 0.15) is 41.5 Å². The molecule has 3 nitrogen and oxygen atoms in total. The Morgan fingerprint density at radius 3 is 2.45 bits per heavy atom. The van der Waals surface area contributed by atoms with Gasteiger partial charge in [-0.15, -0.1) is 0 Å². The van der Waals surface area contributed by atoms with Crippen molar-refractivity contribution in [1.82, 2.24) is 0 Å². The molecule has 0 bridgehead atoms. The summed E-state index contributed by atoms with van der Waals surface area (Å²) in [4.78, 5) is 12.5. The van der Waals surface area contributed by atoms with Crippen molar-refractivity contribution in [2.75, 3.05) is 25.5 Å². The first-order valence-electron chi connectivity index (χ1n) is 12.0. The summed E-state index contributed by atoms with van der Waals surface area (Å²) in [7, 11) is 2.36. The number of nitrogens with one attached hydrogen (secondary N) is 1. The summed E-state index contributed by atoms with van der Waals surface area (Å²) in [5, 5.41) is 2.98. The van der Waals surface area contributed by atoms with E-state index in [4.69, 9.17) is 0 Å². The predicted octanol–water partition coefficient (Wildman–Crippen LogP) is 6.75. The Labute approximate surface area is 198 Å². The van der Waals surface area contributed by atoms with E-state index < -0.39 is 0 Å². The molecule has 170 valence electrons. The molecule has 0 saturated carbocycles. The number of anilines is 1. The molecule has 0 aliphatic carbocycles. The minimum absolute atomic E-state index is 0.116. The standard InChI is InChI=1S/C30H34N2O/c1-23-10-11-24(2)29(20-23)27-9-7-8-25(21-27)14-17-30(33)31-28-15-12-26(13-16-28)22-32(3)18-5-4-6-19-32/h7-17,20-21H,4-6,18-19,22H2,1-3H3/p+1. The molecule has 1 aliphatic heterocycles. The highest BCUT2D eigenvalue weighted by molar-refractivity contribution is 6.02. The number of carbonyl (C=O) groups excluding carboxylic acids is 1. The number of piperidine rings is 1. The largest absolute Gasteiger partial charge is 0.323 e. The van der Waals surface area contributed by atoms with Gasteiger partial charge in [-0.2, -0.15) is 0 Å². The van der Waals surface area contributed by atoms with Crippen LogP contribution in [0.25, 0.3) is 17.2 Å². The summed E-state index contributed by atoms with van der Waals surface area (Å²) in [6.07, 6.45) is 7.49. The SMILES string of the molecule is Cc1ccc(C)c(-c2cccc(C=CC(=O)Nc3ccc(C[N+]4(C)CCCCC4)cc3)c2)c1. The fourth-order valence-electron chi connectivity index (χ4n) is 4.78. The first-order valence-corrected chi connectivity index (χ1v) is 12.0. The van der Waals surface area contributed by atoms with E-state index in [1.807, 2.05) is 30.3 Å². The van der Waals surface area contributed by atoms with Crippen molar-refractivity contribution in [2.45, 2.75) is 39.7 Å². The lowest BCUT2D eigenvalue weighted by molar-refractivity contribution is -0.926. The summed E-state index contributed by atoms with van der Waals surface area (Å²) >= 11 is 0. The molecule has 33 heavy (non-hydrogen) atoms. The summed E-state index contributed by atoms with van der Waals surface area (Å²) in [6, 6.07) is 23.1. The van der Waals surface area contributed by atoms with E-state index in [9.17, 15) is 4.79 Å². The maximum atomic E-state index is 12.5. The van der Waals surface area contributed by atoms with Crippen LogP contribution >= 0.6 is 0 Å². The second-order valence-corrected chi connectivity index (χ2v) is 9.75. The molecule has 0 unspecified atom stereocenters. The minimum Gasteiger partial charge on any atom is -0.323 e. The van der Waals surface area contributed by atoms with Gasteiger partial charge >= 0.3 is 0 Å². The van der Waals surface area contributed by atoms with Crippen LogP contribution in [0.4, 0.5) is 5.69 Å². The van der Waals surface area contributed by atoms with Crippen molar-refractivity contribution >= 4 is 17.7 Å². The van der Waals surface area contributed by atoms with E-state index in [-0.39, 0.29) is 5.91 Å². The van der Waals surface area contributed by atoms with Crippen LogP contribution in [-0.4, -0.2) is 30.5 Å². The van der Waals surface area contributed by atoms with Crippen LogP contribution in [0.15, 0.2) is 72.8 Å². The number of carbonyl (C=O) groups is 1. The third-order valence-electron chi connectivity index (χ3n) is 6.70. The number of hydrogen-bond donors (Lipinski definition) is 1. The average molecular weight is 440 g/mol. The van der Waals surface area contributed by atoms with Crippen molar-refractivity contribution in [3.05, 3.63) is 95.1 Å². The van der Waals surface area contributed by atoms with Crippen LogP contribution in [0.3, 0.4) is 0 Å². The van der Waals surface area contributed by atoms with Crippen molar-refractivity contribution in [2.24, 2.45) is 0 Å². The summed E-state index contributed by atoms with van der Waals surface area (Å²) in [5.41, 5.74) is 8.07. The normalized spacial score (nSPS) is 15.5. The lowest BCUT2D eigenvalue weighted by Crippen LogP contribution is -2.46. The van der Waals surface area contributed by atoms with Crippen LogP contribution in [0, 0.1) is 13.8 Å². The Hall–Kier alpha value is -3.17. The Balaban J connectivity index is 1.38. The number of likely N-dealkylation sites (tertiary alicyclic amines) is 1. The van der Waals surface area contributed by atoms with Crippen molar-refractivity contribution in [1.29, 1.82) is 0 Å². The van der Waals surface area contributed by atoms with Crippen LogP contribution in [0.2, 0.25) is 0 Å². The first-order chi connectivity index (χ1) is 15.9. The number of nitrogens with zero attached hydrogens (tertiary/aromatic N) is 1. The molecule has 1 heterocycles. The highest BCUT2D eigenvalue weighted by Crippen LogP contribution is 2.26. The van der Waals surface area contributed by atoms with Crippen molar-refractivity contribution in [3.8, 4) is 11.1 Å². The molecule has 1 saturated heterocycles. The number of amides is 1. The third-order valence-corrected chi connectivity index (χ3v) is 6.70. The third kappa shape index (κ3) is 6.21. The maximum absolute atomic E-state index is 12.5. The van der Waals surface area contributed by atoms with Gasteiger partial charge in [-0.1, -0.05) is 54.1 Å². The van der Waals surface area contributed by atoms with E-state index in [1.165, 1.54) is 60.2 Å². The second-order valence-electron chi connectivity index (χ2n) is 9.75. The molecule has 1 N–H and O–H groups in total. The van der Waals surface area contributed by atoms with E-state index in [2.05, 4.69) is 68.7 Å². The van der Waals surface area contributed by atoms with Crippen LogP contribution in [0.5, 0.6) is 0 Å². The molecule has 0 spiro atoms. The molecule has 3 aromatic carbocycles. The van der Waals surface area contributed by atoms with Crippen molar-refractivity contribution < 1.29 is 9.28 Å². The Morgan fingerprint density at radius 1 is 0.939 bits per heavy atom. The molecular formula is C30H35N2O+. The highest BCUT2D eigenvalue weighted by Gasteiger charge is 2.24. The number of quaternary nitrogens is 1. The zero-order valence-corrected chi connectivity index (χ0v) is 20.1. The van der Waals surface area contributed by atoms with E-state index in [0.29, 0.717) is 0 Å². The fourth-order valence-corrected chi connectivity index (χ4v) is 4.78. The molecular weight excluding hydrogens is 404 g/mol. The zero-order valence-electron chi connectivity index (χ0n) is 20.1. The Bertz CT molecular complexity index is 1140. The minimum atomic E-state index is -0.116. The van der Waals surface area contributed by atoms with Gasteiger partial charge in [0.1, 0.15) is 6.54 Å². The molecule has 0 aromatic heterocycles. The topological polar surface area (TPSA) is 29.1 Å². The fraction of sp³-hybridized carbons (Fsp3) is 0.300. The van der Waals surface area contributed by atoms with Gasteiger partial charge < -0.3 is 9.80 Å². The second kappa shape index (κ2) is 10.2. The molecule has 0 atom stereocenters. The van der Waals surface area contributed by atoms with E-state index in [1.54, 1.807) is 6.08 Å². The molecule has 3 aromatic rings. The average Bonchev–Trinajstić information content (AvgIpc) is 2.81. The molecule has 1 fully saturated rings. The molecule has 3 heteroatoms. The summed E-state index contributed by atoms with van der Waals surface area (Å²) < 4.78 is 1.12. The summed E-state index contributed by atoms with van der Waals surface area (Å²) in [5.74, 6) is -0.116. The van der Waals surface area contributed by atoms with Gasteiger partial charge in [0.15, 0.2) is 0 Å². The van der Waals surface area contributed by atoms with Crippen LogP contribution in [-0.2, 0) is 11.3 Å². The Morgan fingerprint density at radius 2 is 1.70 bits per heavy atom. The van der Waals surface area contributed by atoms with Gasteiger partial charge in [0.25, 0.3) is 0 Å². The van der Waals surface area contributed by atoms with E-state index >= 15 is 0 Å². The van der Waals surface area contributed by atoms with Gasteiger partial charge in [-0.25, -0.2) is 0 Å². The maximum Gasteiger partial charge on any atom is 0.248 e. The van der Waals surface area contributed by atoms with Gasteiger partial charge in [-0.05, 0) is 79.6 Å². The smallest absolute Gasteiger partial charge is 0.248 e. The highest BCUT2D eigenvalue weighted by atomic mass is 16.1. The number of aryl methyl sites for hydroxylation is 2. The molecule has 1 aliphatic rings. The lowest BCUT2D eigenvalue weighted by atomic mass is 9.97. The number of rotatable bonds is 6. The van der Waals surface area contributed by atoms with Crippen LogP contribution < -0.4 is 5.32 Å². The lowest BCUT2D eigenvalue weighted by Gasteiger charge is -2.37.